The molecule has 1 aromatic carbocycles. The van der Waals surface area contributed by atoms with Crippen LogP contribution in [-0.2, 0) is 6.54 Å². The average molecular weight is 399 g/mol. The molecule has 0 radical (unpaired) electrons. The van der Waals surface area contributed by atoms with Crippen LogP contribution in [0.25, 0.3) is 5.82 Å². The minimum atomic E-state index is -0.337. The second-order valence-electron chi connectivity index (χ2n) is 6.83. The molecule has 1 N–H and O–H groups in total. The van der Waals surface area contributed by atoms with Gasteiger partial charge in [0.2, 0.25) is 0 Å². The van der Waals surface area contributed by atoms with Crippen molar-refractivity contribution in [2.24, 2.45) is 0 Å². The lowest BCUT2D eigenvalue weighted by molar-refractivity contribution is 0.0946. The summed E-state index contributed by atoms with van der Waals surface area (Å²) < 4.78 is 7.31. The first-order chi connectivity index (χ1) is 13.3. The van der Waals surface area contributed by atoms with E-state index in [1.54, 1.807) is 16.8 Å². The Hall–Kier alpha value is -2.86. The summed E-state index contributed by atoms with van der Waals surface area (Å²) in [5.74, 6) is 1.01. The van der Waals surface area contributed by atoms with Crippen LogP contribution in [0.1, 0.15) is 41.3 Å². The molecule has 0 aliphatic carbocycles. The molecule has 2 heterocycles. The van der Waals surface area contributed by atoms with E-state index in [1.807, 2.05) is 58.0 Å². The standard InChI is InChI=1S/C21H23ClN4O2/c1-13(2)28-17-7-5-16(6-8-17)12-23-21(27)20-18(22)9-10-19(24-20)26-15(4)11-14(3)25-26/h5-11,13H,12H2,1-4H3,(H,23,27). The van der Waals surface area contributed by atoms with Crippen molar-refractivity contribution in [2.75, 3.05) is 0 Å². The predicted octanol–water partition coefficient (Wildman–Crippen LogP) is 4.25. The molecular weight excluding hydrogens is 376 g/mol. The Morgan fingerprint density at radius 2 is 1.89 bits per heavy atom. The zero-order valence-electron chi connectivity index (χ0n) is 16.4. The molecule has 3 rings (SSSR count). The molecule has 146 valence electrons. The van der Waals surface area contributed by atoms with Crippen molar-refractivity contribution >= 4 is 17.5 Å². The van der Waals surface area contributed by atoms with E-state index >= 15 is 0 Å². The van der Waals surface area contributed by atoms with E-state index in [1.165, 1.54) is 0 Å². The van der Waals surface area contributed by atoms with E-state index in [-0.39, 0.29) is 17.7 Å². The third-order valence-electron chi connectivity index (χ3n) is 4.02. The van der Waals surface area contributed by atoms with Gasteiger partial charge in [-0.15, -0.1) is 0 Å². The van der Waals surface area contributed by atoms with Crippen LogP contribution in [0.3, 0.4) is 0 Å². The third kappa shape index (κ3) is 4.70. The molecule has 7 heteroatoms. The number of halogens is 1. The molecule has 0 aliphatic heterocycles. The van der Waals surface area contributed by atoms with Gasteiger partial charge in [-0.1, -0.05) is 23.7 Å². The molecule has 1 amide bonds. The molecule has 2 aromatic heterocycles. The van der Waals surface area contributed by atoms with Crippen LogP contribution in [0.5, 0.6) is 5.75 Å². The van der Waals surface area contributed by atoms with Crippen LogP contribution in [0.4, 0.5) is 0 Å². The predicted molar refractivity (Wildman–Crippen MR) is 109 cm³/mol. The van der Waals surface area contributed by atoms with Crippen LogP contribution in [0.2, 0.25) is 5.02 Å². The van der Waals surface area contributed by atoms with Gasteiger partial charge in [0, 0.05) is 12.2 Å². The van der Waals surface area contributed by atoms with Gasteiger partial charge in [-0.3, -0.25) is 4.79 Å². The summed E-state index contributed by atoms with van der Waals surface area (Å²) in [5.41, 5.74) is 2.94. The van der Waals surface area contributed by atoms with Gasteiger partial charge in [0.05, 0.1) is 16.8 Å². The quantitative estimate of drug-likeness (QED) is 0.673. The summed E-state index contributed by atoms with van der Waals surface area (Å²) in [6.07, 6.45) is 0.119. The summed E-state index contributed by atoms with van der Waals surface area (Å²) in [6.45, 7) is 8.16. The number of aryl methyl sites for hydroxylation is 2. The molecule has 0 saturated heterocycles. The summed E-state index contributed by atoms with van der Waals surface area (Å²) in [5, 5.41) is 7.55. The Balaban J connectivity index is 1.72. The van der Waals surface area contributed by atoms with E-state index < -0.39 is 0 Å². The number of hydrogen-bond acceptors (Lipinski definition) is 4. The Kier molecular flexibility index (Phi) is 5.99. The minimum Gasteiger partial charge on any atom is -0.491 e. The Morgan fingerprint density at radius 3 is 2.50 bits per heavy atom. The van der Waals surface area contributed by atoms with E-state index in [0.717, 1.165) is 22.7 Å². The van der Waals surface area contributed by atoms with Gasteiger partial charge in [-0.2, -0.15) is 5.10 Å². The van der Waals surface area contributed by atoms with Gasteiger partial charge in [0.15, 0.2) is 5.82 Å². The van der Waals surface area contributed by atoms with Crippen molar-refractivity contribution < 1.29 is 9.53 Å². The monoisotopic (exact) mass is 398 g/mol. The third-order valence-corrected chi connectivity index (χ3v) is 4.33. The van der Waals surface area contributed by atoms with Gasteiger partial charge < -0.3 is 10.1 Å². The lowest BCUT2D eigenvalue weighted by atomic mass is 10.2. The minimum absolute atomic E-state index is 0.119. The Labute approximate surface area is 169 Å². The van der Waals surface area contributed by atoms with E-state index in [2.05, 4.69) is 15.4 Å². The molecule has 0 spiro atoms. The SMILES string of the molecule is Cc1cc(C)n(-c2ccc(Cl)c(C(=O)NCc3ccc(OC(C)C)cc3)n2)n1. The summed E-state index contributed by atoms with van der Waals surface area (Å²) in [6, 6.07) is 13.0. The van der Waals surface area contributed by atoms with Gasteiger partial charge >= 0.3 is 0 Å². The molecule has 0 atom stereocenters. The van der Waals surface area contributed by atoms with Crippen molar-refractivity contribution in [2.45, 2.75) is 40.3 Å². The fourth-order valence-corrected chi connectivity index (χ4v) is 2.99. The van der Waals surface area contributed by atoms with Crippen LogP contribution < -0.4 is 10.1 Å². The first-order valence-corrected chi connectivity index (χ1v) is 9.45. The smallest absolute Gasteiger partial charge is 0.271 e. The molecule has 6 nitrogen and oxygen atoms in total. The van der Waals surface area contributed by atoms with E-state index in [0.29, 0.717) is 17.4 Å². The Morgan fingerprint density at radius 1 is 1.18 bits per heavy atom. The van der Waals surface area contributed by atoms with Gasteiger partial charge in [0.1, 0.15) is 11.4 Å². The maximum Gasteiger partial charge on any atom is 0.271 e. The highest BCUT2D eigenvalue weighted by Gasteiger charge is 2.15. The summed E-state index contributed by atoms with van der Waals surface area (Å²) in [7, 11) is 0. The fourth-order valence-electron chi connectivity index (χ4n) is 2.79. The topological polar surface area (TPSA) is 69.0 Å². The van der Waals surface area contributed by atoms with Crippen LogP contribution in [-0.4, -0.2) is 26.8 Å². The zero-order valence-corrected chi connectivity index (χ0v) is 17.1. The zero-order chi connectivity index (χ0) is 20.3. The largest absolute Gasteiger partial charge is 0.491 e. The molecule has 0 saturated carbocycles. The number of benzene rings is 1. The first kappa shape index (κ1) is 19.9. The summed E-state index contributed by atoms with van der Waals surface area (Å²) >= 11 is 6.20. The maximum atomic E-state index is 12.6. The lowest BCUT2D eigenvalue weighted by Crippen LogP contribution is -2.24. The van der Waals surface area contributed by atoms with E-state index in [4.69, 9.17) is 16.3 Å². The summed E-state index contributed by atoms with van der Waals surface area (Å²) in [4.78, 5) is 17.0. The molecule has 0 bridgehead atoms. The number of rotatable bonds is 6. The van der Waals surface area contributed by atoms with Crippen molar-refractivity contribution in [3.05, 3.63) is 70.1 Å². The number of hydrogen-bond donors (Lipinski definition) is 1. The molecular formula is C21H23ClN4O2. The van der Waals surface area contributed by atoms with Crippen molar-refractivity contribution in [3.8, 4) is 11.6 Å². The average Bonchev–Trinajstić information content (AvgIpc) is 2.99. The number of pyridine rings is 1. The Bertz CT molecular complexity index is 981. The normalized spacial score (nSPS) is 10.9. The van der Waals surface area contributed by atoms with E-state index in [9.17, 15) is 4.79 Å². The van der Waals surface area contributed by atoms with Crippen molar-refractivity contribution in [1.82, 2.24) is 20.1 Å². The maximum absolute atomic E-state index is 12.6. The first-order valence-electron chi connectivity index (χ1n) is 9.07. The van der Waals surface area contributed by atoms with Crippen LogP contribution >= 0.6 is 11.6 Å². The number of nitrogens with zero attached hydrogens (tertiary/aromatic N) is 3. The number of nitrogens with one attached hydrogen (secondary N) is 1. The molecule has 3 aromatic rings. The van der Waals surface area contributed by atoms with Crippen molar-refractivity contribution in [1.29, 1.82) is 0 Å². The van der Waals surface area contributed by atoms with Gasteiger partial charge in [-0.05, 0) is 63.6 Å². The lowest BCUT2D eigenvalue weighted by Gasteiger charge is -2.11. The molecule has 28 heavy (non-hydrogen) atoms. The van der Waals surface area contributed by atoms with Gasteiger partial charge in [0.25, 0.3) is 5.91 Å². The molecule has 0 fully saturated rings. The molecule has 0 aliphatic rings. The fraction of sp³-hybridized carbons (Fsp3) is 0.286. The highest BCUT2D eigenvalue weighted by atomic mass is 35.5. The second-order valence-corrected chi connectivity index (χ2v) is 7.24. The highest BCUT2D eigenvalue weighted by molar-refractivity contribution is 6.33. The van der Waals surface area contributed by atoms with Crippen LogP contribution in [0, 0.1) is 13.8 Å². The number of amides is 1. The van der Waals surface area contributed by atoms with Gasteiger partial charge in [-0.25, -0.2) is 9.67 Å². The number of ether oxygens (including phenoxy) is 1. The number of aromatic nitrogens is 3. The van der Waals surface area contributed by atoms with Crippen LogP contribution in [0.15, 0.2) is 42.5 Å². The second kappa shape index (κ2) is 8.44. The van der Waals surface area contributed by atoms with Crippen molar-refractivity contribution in [3.63, 3.8) is 0 Å². The molecule has 0 unspecified atom stereocenters. The number of carbonyl (C=O) groups excluding carboxylic acids is 1. The highest BCUT2D eigenvalue weighted by Crippen LogP contribution is 2.18. The number of carbonyl (C=O) groups is 1.